The van der Waals surface area contributed by atoms with Gasteiger partial charge in [-0.25, -0.2) is 0 Å². The van der Waals surface area contributed by atoms with E-state index in [1.54, 1.807) is 0 Å². The van der Waals surface area contributed by atoms with Gasteiger partial charge in [-0.2, -0.15) is 0 Å². The van der Waals surface area contributed by atoms with Crippen LogP contribution in [-0.4, -0.2) is 69.3 Å². The maximum absolute atomic E-state index is 9.90. The zero-order valence-electron chi connectivity index (χ0n) is 8.25. The Bertz CT molecular complexity index is 205. The fraction of sp³-hybridized carbons (Fsp3) is 0.857. The summed E-state index contributed by atoms with van der Waals surface area (Å²) in [4.78, 5) is 9.90. The van der Waals surface area contributed by atoms with Gasteiger partial charge in [-0.05, 0) is 0 Å². The molecule has 0 fully saturated rings. The predicted molar refractivity (Wildman–Crippen MR) is 44.3 cm³/mol. The normalized spacial score (nSPS) is 18.4. The Kier molecular flexibility index (Phi) is 9.06. The number of carbonyl (C=O) groups is 1. The van der Waals surface area contributed by atoms with Gasteiger partial charge >= 0.3 is 6.43 Å². The maximum atomic E-state index is 9.90. The lowest BCUT2D eigenvalue weighted by Gasteiger charge is -2.22. The van der Waals surface area contributed by atoms with Gasteiger partial charge in [0.25, 0.3) is 0 Å². The first-order valence-electron chi connectivity index (χ1n) is 4.08. The van der Waals surface area contributed by atoms with Crippen LogP contribution in [0.25, 0.3) is 0 Å². The number of halogens is 4. The van der Waals surface area contributed by atoms with Crippen LogP contribution in [0.3, 0.4) is 0 Å². The molecule has 0 radical (unpaired) electrons. The van der Waals surface area contributed by atoms with Crippen molar-refractivity contribution in [2.45, 2.75) is 30.8 Å². The zero-order valence-corrected chi connectivity index (χ0v) is 8.25. The molecule has 0 bridgehead atoms. The highest BCUT2D eigenvalue weighted by Gasteiger charge is 2.29. The van der Waals surface area contributed by atoms with Gasteiger partial charge in [-0.3, -0.25) is 0 Å². The summed E-state index contributed by atoms with van der Waals surface area (Å²) >= 11 is 0. The molecule has 0 aromatic rings. The summed E-state index contributed by atoms with van der Waals surface area (Å²) in [5.74, 6) is 0. The topological polar surface area (TPSA) is 118 Å². The van der Waals surface area contributed by atoms with Gasteiger partial charge in [0.05, 0.1) is 6.61 Å². The first-order valence-corrected chi connectivity index (χ1v) is 4.08. The van der Waals surface area contributed by atoms with Crippen LogP contribution in [0.4, 0.5) is 17.6 Å². The van der Waals surface area contributed by atoms with Crippen molar-refractivity contribution in [2.75, 3.05) is 6.61 Å². The number of hydrogen-bond acceptors (Lipinski definition) is 6. The van der Waals surface area contributed by atoms with E-state index in [1.807, 2.05) is 0 Å². The largest absolute Gasteiger partial charge is 0.559 e. The molecule has 0 aliphatic heterocycles. The predicted octanol–water partition coefficient (Wildman–Crippen LogP) is -1.90. The van der Waals surface area contributed by atoms with Gasteiger partial charge < -0.3 is 30.3 Å². The molecule has 0 unspecified atom stereocenters. The molecule has 0 aliphatic carbocycles. The van der Waals surface area contributed by atoms with Crippen LogP contribution in [0.5, 0.6) is 0 Å². The Morgan fingerprint density at radius 1 is 1.00 bits per heavy atom. The number of alkyl halides is 4. The van der Waals surface area contributed by atoms with Crippen LogP contribution < -0.4 is 0 Å². The van der Waals surface area contributed by atoms with E-state index < -0.39 is 37.5 Å². The van der Waals surface area contributed by atoms with Crippen molar-refractivity contribution in [2.24, 2.45) is 0 Å². The van der Waals surface area contributed by atoms with E-state index in [0.717, 1.165) is 0 Å². The fourth-order valence-electron chi connectivity index (χ4n) is 0.618. The maximum Gasteiger partial charge on any atom is 0.559 e. The summed E-state index contributed by atoms with van der Waals surface area (Å²) in [5.41, 5.74) is 0. The molecular formula is C7H12F4O6. The summed E-state index contributed by atoms with van der Waals surface area (Å²) < 4.78 is 38.8. The summed E-state index contributed by atoms with van der Waals surface area (Å²) in [6.07, 6.45) is -12.3. The van der Waals surface area contributed by atoms with Gasteiger partial charge in [0.1, 0.15) is 24.4 Å². The summed E-state index contributed by atoms with van der Waals surface area (Å²) in [5, 5.41) is 43.5. The van der Waals surface area contributed by atoms with Crippen LogP contribution >= 0.6 is 0 Å². The van der Waals surface area contributed by atoms with Gasteiger partial charge in [0.15, 0.2) is 6.29 Å². The molecule has 4 atom stereocenters. The minimum atomic E-state index is -5.50. The molecule has 0 rings (SSSR count). The van der Waals surface area contributed by atoms with Crippen molar-refractivity contribution in [3.05, 3.63) is 0 Å². The molecule has 5 N–H and O–H groups in total. The van der Waals surface area contributed by atoms with Crippen LogP contribution in [0.2, 0.25) is 0 Å². The molecule has 0 spiro atoms. The number of rotatable bonds is 5. The fourth-order valence-corrected chi connectivity index (χ4v) is 0.618. The van der Waals surface area contributed by atoms with Crippen molar-refractivity contribution in [3.63, 3.8) is 0 Å². The van der Waals surface area contributed by atoms with Gasteiger partial charge in [-0.15, -0.1) is 17.6 Å². The highest BCUT2D eigenvalue weighted by Crippen LogP contribution is 2.13. The van der Waals surface area contributed by atoms with Gasteiger partial charge in [0.2, 0.25) is 0 Å². The summed E-state index contributed by atoms with van der Waals surface area (Å²) in [6, 6.07) is 0. The van der Waals surface area contributed by atoms with Crippen LogP contribution in [0, 0.1) is 0 Å². The number of aldehydes is 1. The van der Waals surface area contributed by atoms with E-state index in [4.69, 9.17) is 25.5 Å². The second-order valence-electron chi connectivity index (χ2n) is 2.79. The number of aliphatic hydroxyl groups is 5. The number of hydrogen-bond donors (Lipinski definition) is 5. The SMILES string of the molecule is FC(F)(F)F.O=C[C@H](O)[C@@H](O)[C@H](O)[C@H](O)CO. The highest BCUT2D eigenvalue weighted by atomic mass is 19.5. The monoisotopic (exact) mass is 268 g/mol. The average Bonchev–Trinajstić information content (AvgIpc) is 2.22. The van der Waals surface area contributed by atoms with Crippen molar-refractivity contribution in [3.8, 4) is 0 Å². The van der Waals surface area contributed by atoms with Crippen molar-refractivity contribution < 1.29 is 47.9 Å². The van der Waals surface area contributed by atoms with E-state index in [0.29, 0.717) is 0 Å². The minimum Gasteiger partial charge on any atom is -0.394 e. The standard InChI is InChI=1S/C6H12O6.CF4/c7-1-3(9)5(11)6(12)4(10)2-8;2-1(3,4)5/h1,3-6,8-12H,2H2;/t3-,4+,5+,6+;/m0./s1. The van der Waals surface area contributed by atoms with E-state index in [-0.39, 0.29) is 6.29 Å². The smallest absolute Gasteiger partial charge is 0.394 e. The van der Waals surface area contributed by atoms with Crippen LogP contribution in [-0.2, 0) is 4.79 Å². The summed E-state index contributed by atoms with van der Waals surface area (Å²) in [7, 11) is 0. The first-order chi connectivity index (χ1) is 7.54. The highest BCUT2D eigenvalue weighted by molar-refractivity contribution is 5.56. The lowest BCUT2D eigenvalue weighted by Crippen LogP contribution is -2.46. The second kappa shape index (κ2) is 8.31. The molecule has 10 heteroatoms. The van der Waals surface area contributed by atoms with E-state index >= 15 is 0 Å². The third-order valence-electron chi connectivity index (χ3n) is 1.42. The molecule has 0 saturated heterocycles. The van der Waals surface area contributed by atoms with Crippen LogP contribution in [0.15, 0.2) is 0 Å². The minimum absolute atomic E-state index is 0.0258. The third kappa shape index (κ3) is 11.5. The lowest BCUT2D eigenvalue weighted by atomic mass is 10.0. The second-order valence-corrected chi connectivity index (χ2v) is 2.79. The molecule has 0 aromatic heterocycles. The molecule has 0 saturated carbocycles. The van der Waals surface area contributed by atoms with Gasteiger partial charge in [0, 0.05) is 0 Å². The Morgan fingerprint density at radius 3 is 1.59 bits per heavy atom. The van der Waals surface area contributed by atoms with Crippen LogP contribution in [0.1, 0.15) is 0 Å². The zero-order chi connectivity index (χ0) is 14.2. The Hall–Kier alpha value is -0.810. The van der Waals surface area contributed by atoms with E-state index in [2.05, 4.69) is 0 Å². The molecule has 0 heterocycles. The van der Waals surface area contributed by atoms with Crippen molar-refractivity contribution in [1.29, 1.82) is 0 Å². The average molecular weight is 268 g/mol. The Labute approximate surface area is 92.7 Å². The molecule has 0 amide bonds. The Balaban J connectivity index is 0. The molecule has 17 heavy (non-hydrogen) atoms. The first kappa shape index (κ1) is 18.6. The van der Waals surface area contributed by atoms with Crippen molar-refractivity contribution in [1.82, 2.24) is 0 Å². The quantitative estimate of drug-likeness (QED) is 0.293. The van der Waals surface area contributed by atoms with E-state index in [9.17, 15) is 22.4 Å². The molecule has 0 aromatic carbocycles. The molecule has 104 valence electrons. The van der Waals surface area contributed by atoms with Crippen molar-refractivity contribution >= 4 is 6.29 Å². The summed E-state index contributed by atoms with van der Waals surface area (Å²) in [6.45, 7) is -0.760. The lowest BCUT2D eigenvalue weighted by molar-refractivity contribution is -0.237. The van der Waals surface area contributed by atoms with E-state index in [1.165, 1.54) is 0 Å². The Morgan fingerprint density at radius 2 is 1.35 bits per heavy atom. The third-order valence-corrected chi connectivity index (χ3v) is 1.42. The molecular weight excluding hydrogens is 256 g/mol. The van der Waals surface area contributed by atoms with Gasteiger partial charge in [-0.1, -0.05) is 0 Å². The molecule has 6 nitrogen and oxygen atoms in total. The number of aliphatic hydroxyl groups excluding tert-OH is 5. The number of carbonyl (C=O) groups excluding carboxylic acids is 1. The molecule has 0 aliphatic rings.